The molecule has 0 bridgehead atoms. The van der Waals surface area contributed by atoms with E-state index in [9.17, 15) is 17.6 Å². The molecule has 3 N–H and O–H groups in total. The first-order valence-electron chi connectivity index (χ1n) is 8.81. The lowest BCUT2D eigenvalue weighted by molar-refractivity contribution is 0.0698. The van der Waals surface area contributed by atoms with E-state index < -0.39 is 15.8 Å². The van der Waals surface area contributed by atoms with E-state index in [0.717, 1.165) is 6.07 Å². The van der Waals surface area contributed by atoms with Gasteiger partial charge in [-0.2, -0.15) is 4.31 Å². The Kier molecular flexibility index (Phi) is 5.85. The molecule has 0 aromatic heterocycles. The summed E-state index contributed by atoms with van der Waals surface area (Å²) in [6.45, 7) is 0.636. The summed E-state index contributed by atoms with van der Waals surface area (Å²) in [5.41, 5.74) is 6.36. The van der Waals surface area contributed by atoms with Crippen LogP contribution in [-0.4, -0.2) is 62.7 Å². The standard InChI is InChI=1S/C19H21FN4O4S/c1-28-17-7-6-15(12-16(17)20)29(26,27)24-10-8-23(9-11-24)19(25)14-4-2-13(3-5-14)18(21)22/h2-7,12H,8-11H2,1H3,(H3,21,22). The fraction of sp³-hybridized carbons (Fsp3) is 0.263. The second-order valence-electron chi connectivity index (χ2n) is 6.48. The third-order valence-electron chi connectivity index (χ3n) is 4.73. The maximum absolute atomic E-state index is 13.9. The van der Waals surface area contributed by atoms with E-state index in [1.54, 1.807) is 29.2 Å². The molecule has 2 aromatic rings. The zero-order valence-electron chi connectivity index (χ0n) is 15.8. The second-order valence-corrected chi connectivity index (χ2v) is 8.42. The molecule has 0 aliphatic carbocycles. The van der Waals surface area contributed by atoms with E-state index in [1.165, 1.54) is 23.5 Å². The Morgan fingerprint density at radius 2 is 1.66 bits per heavy atom. The molecule has 154 valence electrons. The number of nitrogens with two attached hydrogens (primary N) is 1. The molecule has 1 aliphatic rings. The highest BCUT2D eigenvalue weighted by Crippen LogP contribution is 2.24. The Hall–Kier alpha value is -2.98. The Morgan fingerprint density at radius 1 is 1.07 bits per heavy atom. The van der Waals surface area contributed by atoms with Crippen LogP contribution < -0.4 is 10.5 Å². The quantitative estimate of drug-likeness (QED) is 0.558. The van der Waals surface area contributed by atoms with Gasteiger partial charge >= 0.3 is 0 Å². The van der Waals surface area contributed by atoms with Crippen molar-refractivity contribution < 1.29 is 22.3 Å². The highest BCUT2D eigenvalue weighted by molar-refractivity contribution is 7.89. The van der Waals surface area contributed by atoms with Crippen molar-refractivity contribution in [1.29, 1.82) is 5.41 Å². The van der Waals surface area contributed by atoms with E-state index in [2.05, 4.69) is 0 Å². The van der Waals surface area contributed by atoms with E-state index in [1.807, 2.05) is 0 Å². The van der Waals surface area contributed by atoms with Crippen molar-refractivity contribution in [2.24, 2.45) is 5.73 Å². The first-order chi connectivity index (χ1) is 13.7. The summed E-state index contributed by atoms with van der Waals surface area (Å²) in [6.07, 6.45) is 0. The van der Waals surface area contributed by atoms with Gasteiger partial charge in [-0.3, -0.25) is 10.2 Å². The zero-order chi connectivity index (χ0) is 21.2. The van der Waals surface area contributed by atoms with Gasteiger partial charge in [-0.1, -0.05) is 12.1 Å². The van der Waals surface area contributed by atoms with Crippen LogP contribution in [0.1, 0.15) is 15.9 Å². The number of ether oxygens (including phenoxy) is 1. The molecule has 0 spiro atoms. The first kappa shape index (κ1) is 20.7. The van der Waals surface area contributed by atoms with Gasteiger partial charge in [-0.25, -0.2) is 12.8 Å². The number of hydrogen-bond donors (Lipinski definition) is 2. The molecule has 0 radical (unpaired) electrons. The maximum Gasteiger partial charge on any atom is 0.253 e. The van der Waals surface area contributed by atoms with Gasteiger partial charge in [0.25, 0.3) is 5.91 Å². The minimum Gasteiger partial charge on any atom is -0.494 e. The number of hydrogen-bond acceptors (Lipinski definition) is 5. The number of benzene rings is 2. The molecule has 1 amide bonds. The molecule has 2 aromatic carbocycles. The second kappa shape index (κ2) is 8.18. The fourth-order valence-electron chi connectivity index (χ4n) is 3.06. The van der Waals surface area contributed by atoms with Gasteiger partial charge < -0.3 is 15.4 Å². The molecule has 8 nitrogen and oxygen atoms in total. The van der Waals surface area contributed by atoms with Crippen molar-refractivity contribution in [3.63, 3.8) is 0 Å². The van der Waals surface area contributed by atoms with Crippen LogP contribution in [-0.2, 0) is 10.0 Å². The Morgan fingerprint density at radius 3 is 2.17 bits per heavy atom. The van der Waals surface area contributed by atoms with Gasteiger partial charge in [0.05, 0.1) is 12.0 Å². The molecule has 0 saturated carbocycles. The predicted molar refractivity (Wildman–Crippen MR) is 105 cm³/mol. The van der Waals surface area contributed by atoms with Crippen LogP contribution >= 0.6 is 0 Å². The normalized spacial score (nSPS) is 15.2. The van der Waals surface area contributed by atoms with Crippen LogP contribution in [0.15, 0.2) is 47.4 Å². The molecule has 1 saturated heterocycles. The van der Waals surface area contributed by atoms with Crippen molar-refractivity contribution in [1.82, 2.24) is 9.21 Å². The van der Waals surface area contributed by atoms with E-state index in [-0.39, 0.29) is 48.6 Å². The van der Waals surface area contributed by atoms with Gasteiger partial charge in [0.2, 0.25) is 10.0 Å². The number of methoxy groups -OCH3 is 1. The number of piperazine rings is 1. The summed E-state index contributed by atoms with van der Waals surface area (Å²) >= 11 is 0. The number of rotatable bonds is 5. The van der Waals surface area contributed by atoms with E-state index >= 15 is 0 Å². The fourth-order valence-corrected chi connectivity index (χ4v) is 4.50. The number of halogens is 1. The Bertz CT molecular complexity index is 1030. The summed E-state index contributed by atoms with van der Waals surface area (Å²) in [6, 6.07) is 9.86. The number of carbonyl (C=O) groups excluding carboxylic acids is 1. The summed E-state index contributed by atoms with van der Waals surface area (Å²) in [5.74, 6) is -1.10. The van der Waals surface area contributed by atoms with Gasteiger partial charge in [0.15, 0.2) is 11.6 Å². The SMILES string of the molecule is COc1ccc(S(=O)(=O)N2CCN(C(=O)c3ccc(C(=N)N)cc3)CC2)cc1F. The number of nitrogens with one attached hydrogen (secondary N) is 1. The number of amidine groups is 1. The van der Waals surface area contributed by atoms with E-state index in [0.29, 0.717) is 11.1 Å². The minimum absolute atomic E-state index is 0.0323. The van der Waals surface area contributed by atoms with Gasteiger partial charge in [0, 0.05) is 37.3 Å². The molecular formula is C19H21FN4O4S. The zero-order valence-corrected chi connectivity index (χ0v) is 16.6. The van der Waals surface area contributed by atoms with Crippen molar-refractivity contribution in [2.45, 2.75) is 4.90 Å². The van der Waals surface area contributed by atoms with Crippen molar-refractivity contribution in [3.05, 3.63) is 59.4 Å². The summed E-state index contributed by atoms with van der Waals surface area (Å²) < 4.78 is 45.5. The Balaban J connectivity index is 1.68. The van der Waals surface area contributed by atoms with Crippen LogP contribution in [0.25, 0.3) is 0 Å². The van der Waals surface area contributed by atoms with Gasteiger partial charge in [-0.05, 0) is 30.3 Å². The average Bonchev–Trinajstić information content (AvgIpc) is 2.73. The lowest BCUT2D eigenvalue weighted by Crippen LogP contribution is -2.50. The Labute approximate surface area is 168 Å². The minimum atomic E-state index is -3.88. The largest absolute Gasteiger partial charge is 0.494 e. The molecule has 29 heavy (non-hydrogen) atoms. The summed E-state index contributed by atoms with van der Waals surface area (Å²) in [7, 11) is -2.57. The highest BCUT2D eigenvalue weighted by atomic mass is 32.2. The van der Waals surface area contributed by atoms with Crippen molar-refractivity contribution in [2.75, 3.05) is 33.3 Å². The molecule has 3 rings (SSSR count). The lowest BCUT2D eigenvalue weighted by atomic mass is 10.1. The van der Waals surface area contributed by atoms with Crippen molar-refractivity contribution in [3.8, 4) is 5.75 Å². The van der Waals surface area contributed by atoms with Gasteiger partial charge in [-0.15, -0.1) is 0 Å². The maximum atomic E-state index is 13.9. The molecule has 1 fully saturated rings. The smallest absolute Gasteiger partial charge is 0.253 e. The monoisotopic (exact) mass is 420 g/mol. The number of sulfonamides is 1. The lowest BCUT2D eigenvalue weighted by Gasteiger charge is -2.34. The van der Waals surface area contributed by atoms with Crippen LogP contribution in [0.4, 0.5) is 4.39 Å². The topological polar surface area (TPSA) is 117 Å². The number of carbonyl (C=O) groups is 1. The predicted octanol–water partition coefficient (Wildman–Crippen LogP) is 1.27. The summed E-state index contributed by atoms with van der Waals surface area (Å²) in [5, 5.41) is 7.39. The molecule has 0 unspecified atom stereocenters. The summed E-state index contributed by atoms with van der Waals surface area (Å²) in [4.78, 5) is 14.0. The third kappa shape index (κ3) is 4.22. The number of nitrogens with zero attached hydrogens (tertiary/aromatic N) is 2. The molecule has 1 heterocycles. The molecule has 1 aliphatic heterocycles. The van der Waals surface area contributed by atoms with Crippen LogP contribution in [0.2, 0.25) is 0 Å². The average molecular weight is 420 g/mol. The van der Waals surface area contributed by atoms with Crippen LogP contribution in [0.3, 0.4) is 0 Å². The number of amides is 1. The van der Waals surface area contributed by atoms with Gasteiger partial charge in [0.1, 0.15) is 5.84 Å². The number of nitrogen functional groups attached to an aromatic ring is 1. The molecule has 10 heteroatoms. The molecule has 0 atom stereocenters. The first-order valence-corrected chi connectivity index (χ1v) is 10.3. The van der Waals surface area contributed by atoms with E-state index in [4.69, 9.17) is 15.9 Å². The molecular weight excluding hydrogens is 399 g/mol. The third-order valence-corrected chi connectivity index (χ3v) is 6.62. The van der Waals surface area contributed by atoms with Crippen LogP contribution in [0.5, 0.6) is 5.75 Å². The van der Waals surface area contributed by atoms with Crippen molar-refractivity contribution >= 4 is 21.8 Å². The highest BCUT2D eigenvalue weighted by Gasteiger charge is 2.31. The van der Waals surface area contributed by atoms with Crippen LogP contribution in [0, 0.1) is 11.2 Å².